The van der Waals surface area contributed by atoms with Crippen LogP contribution in [0.4, 0.5) is 0 Å². The zero-order valence-electron chi connectivity index (χ0n) is 15.8. The van der Waals surface area contributed by atoms with Crippen molar-refractivity contribution < 1.29 is 9.53 Å². The fourth-order valence-electron chi connectivity index (χ4n) is 3.24. The molecule has 1 aliphatic heterocycles. The number of carbonyl (C=O) groups excluding carboxylic acids is 1. The first-order valence-corrected chi connectivity index (χ1v) is 9.68. The molecule has 0 radical (unpaired) electrons. The fraction of sp³-hybridized carbons (Fsp3) is 0.600. The number of aliphatic imine (C=N–C) groups is 1. The van der Waals surface area contributed by atoms with Gasteiger partial charge in [0.05, 0.1) is 6.61 Å². The summed E-state index contributed by atoms with van der Waals surface area (Å²) in [4.78, 5) is 18.2. The van der Waals surface area contributed by atoms with Gasteiger partial charge in [-0.25, -0.2) is 0 Å². The highest BCUT2D eigenvalue weighted by molar-refractivity contribution is 5.80. The summed E-state index contributed by atoms with van der Waals surface area (Å²) in [5, 5.41) is 3.37. The lowest BCUT2D eigenvalue weighted by molar-refractivity contribution is -0.119. The number of ether oxygens (including phenoxy) is 1. The number of likely N-dealkylation sites (tertiary alicyclic amines) is 1. The summed E-state index contributed by atoms with van der Waals surface area (Å²) < 4.78 is 5.71. The highest BCUT2D eigenvalue weighted by Gasteiger charge is 2.23. The van der Waals surface area contributed by atoms with Crippen molar-refractivity contribution in [2.45, 2.75) is 39.0 Å². The molecule has 0 aromatic heterocycles. The molecule has 26 heavy (non-hydrogen) atoms. The van der Waals surface area contributed by atoms with Crippen molar-refractivity contribution in [1.82, 2.24) is 10.2 Å². The number of amides is 1. The summed E-state index contributed by atoms with van der Waals surface area (Å²) in [6.07, 6.45) is 4.57. The van der Waals surface area contributed by atoms with Crippen LogP contribution in [0.2, 0.25) is 0 Å². The first-order chi connectivity index (χ1) is 12.7. The van der Waals surface area contributed by atoms with Crippen LogP contribution in [0.25, 0.3) is 0 Å². The molecule has 144 valence electrons. The van der Waals surface area contributed by atoms with E-state index in [0.717, 1.165) is 63.6 Å². The maximum atomic E-state index is 11.2. The van der Waals surface area contributed by atoms with Gasteiger partial charge in [-0.3, -0.25) is 9.79 Å². The first-order valence-electron chi connectivity index (χ1n) is 9.68. The lowest BCUT2D eigenvalue weighted by Gasteiger charge is -2.34. The van der Waals surface area contributed by atoms with Gasteiger partial charge in [0.2, 0.25) is 5.91 Å². The summed E-state index contributed by atoms with van der Waals surface area (Å²) >= 11 is 0. The smallest absolute Gasteiger partial charge is 0.217 e. The molecule has 6 nitrogen and oxygen atoms in total. The second-order valence-electron chi connectivity index (χ2n) is 6.73. The predicted octanol–water partition coefficient (Wildman–Crippen LogP) is 2.40. The summed E-state index contributed by atoms with van der Waals surface area (Å²) in [6, 6.07) is 9.89. The normalized spacial score (nSPS) is 17.8. The fourth-order valence-corrected chi connectivity index (χ4v) is 3.24. The van der Waals surface area contributed by atoms with E-state index in [4.69, 9.17) is 15.5 Å². The number of benzene rings is 1. The molecule has 1 aliphatic rings. The average molecular weight is 361 g/mol. The van der Waals surface area contributed by atoms with E-state index in [-0.39, 0.29) is 5.91 Å². The van der Waals surface area contributed by atoms with E-state index in [0.29, 0.717) is 18.9 Å². The van der Waals surface area contributed by atoms with Gasteiger partial charge in [-0.1, -0.05) is 18.2 Å². The molecule has 1 heterocycles. The number of carbonyl (C=O) groups is 1. The summed E-state index contributed by atoms with van der Waals surface area (Å²) in [5.41, 5.74) is 5.36. The van der Waals surface area contributed by atoms with Crippen molar-refractivity contribution in [3.63, 3.8) is 0 Å². The molecule has 6 heteroatoms. The SMILES string of the molecule is CCNC(=NCCCCOc1ccccc1)N1CCCC(CC(N)=O)C1. The topological polar surface area (TPSA) is 80.0 Å². The van der Waals surface area contributed by atoms with Crippen LogP contribution in [0.5, 0.6) is 5.75 Å². The van der Waals surface area contributed by atoms with Crippen LogP contribution in [0, 0.1) is 5.92 Å². The zero-order valence-corrected chi connectivity index (χ0v) is 15.8. The molecule has 0 bridgehead atoms. The number of primary amides is 1. The zero-order chi connectivity index (χ0) is 18.6. The monoisotopic (exact) mass is 360 g/mol. The predicted molar refractivity (Wildman–Crippen MR) is 105 cm³/mol. The maximum Gasteiger partial charge on any atom is 0.217 e. The second kappa shape index (κ2) is 11.4. The number of rotatable bonds is 9. The number of guanidine groups is 1. The molecule has 2 rings (SSSR count). The highest BCUT2D eigenvalue weighted by atomic mass is 16.5. The Morgan fingerprint density at radius 2 is 2.15 bits per heavy atom. The molecular formula is C20H32N4O2. The Kier molecular flexibility index (Phi) is 8.79. The number of para-hydroxylation sites is 1. The van der Waals surface area contributed by atoms with E-state index in [1.165, 1.54) is 0 Å². The van der Waals surface area contributed by atoms with Gasteiger partial charge >= 0.3 is 0 Å². The van der Waals surface area contributed by atoms with Crippen LogP contribution in [0.1, 0.15) is 39.0 Å². The lowest BCUT2D eigenvalue weighted by Crippen LogP contribution is -2.47. The molecule has 1 atom stereocenters. The quantitative estimate of drug-likeness (QED) is 0.403. The van der Waals surface area contributed by atoms with Gasteiger partial charge in [0.25, 0.3) is 0 Å². The Labute approximate surface area is 156 Å². The van der Waals surface area contributed by atoms with Crippen LogP contribution >= 0.6 is 0 Å². The molecule has 1 fully saturated rings. The highest BCUT2D eigenvalue weighted by Crippen LogP contribution is 2.19. The minimum absolute atomic E-state index is 0.211. The third-order valence-electron chi connectivity index (χ3n) is 4.47. The van der Waals surface area contributed by atoms with E-state index in [1.807, 2.05) is 30.3 Å². The number of nitrogens with two attached hydrogens (primary N) is 1. The number of piperidine rings is 1. The Morgan fingerprint density at radius 3 is 2.88 bits per heavy atom. The molecular weight excluding hydrogens is 328 g/mol. The summed E-state index contributed by atoms with van der Waals surface area (Å²) in [7, 11) is 0. The number of hydrogen-bond donors (Lipinski definition) is 2. The largest absolute Gasteiger partial charge is 0.494 e. The van der Waals surface area contributed by atoms with Crippen LogP contribution in [0.15, 0.2) is 35.3 Å². The number of hydrogen-bond acceptors (Lipinski definition) is 3. The standard InChI is InChI=1S/C20H32N4O2/c1-2-22-20(24-13-8-9-17(16-24)15-19(21)25)23-12-6-7-14-26-18-10-4-3-5-11-18/h3-5,10-11,17H,2,6-9,12-16H2,1H3,(H2,21,25)(H,22,23). The van der Waals surface area contributed by atoms with E-state index in [9.17, 15) is 4.79 Å². The first kappa shape index (κ1) is 20.1. The van der Waals surface area contributed by atoms with E-state index in [1.54, 1.807) is 0 Å². The summed E-state index contributed by atoms with van der Waals surface area (Å²) in [6.45, 7) is 6.24. The third-order valence-corrected chi connectivity index (χ3v) is 4.47. The lowest BCUT2D eigenvalue weighted by atomic mass is 9.95. The van der Waals surface area contributed by atoms with Gasteiger partial charge in [0.1, 0.15) is 5.75 Å². The minimum Gasteiger partial charge on any atom is -0.494 e. The maximum absolute atomic E-state index is 11.2. The summed E-state index contributed by atoms with van der Waals surface area (Å²) in [5.74, 6) is 1.99. The van der Waals surface area contributed by atoms with Crippen molar-refractivity contribution in [2.75, 3.05) is 32.8 Å². The number of nitrogens with one attached hydrogen (secondary N) is 1. The molecule has 0 saturated carbocycles. The molecule has 0 spiro atoms. The molecule has 1 aromatic carbocycles. The van der Waals surface area contributed by atoms with Crippen molar-refractivity contribution in [2.24, 2.45) is 16.6 Å². The molecule has 3 N–H and O–H groups in total. The molecule has 1 saturated heterocycles. The van der Waals surface area contributed by atoms with Gasteiger partial charge in [-0.2, -0.15) is 0 Å². The molecule has 0 aliphatic carbocycles. The van der Waals surface area contributed by atoms with Gasteiger partial charge in [0, 0.05) is 32.6 Å². The van der Waals surface area contributed by atoms with Gasteiger partial charge in [-0.15, -0.1) is 0 Å². The van der Waals surface area contributed by atoms with Gasteiger partial charge in [-0.05, 0) is 50.7 Å². The van der Waals surface area contributed by atoms with Gasteiger partial charge in [0.15, 0.2) is 5.96 Å². The number of nitrogens with zero attached hydrogens (tertiary/aromatic N) is 2. The Hall–Kier alpha value is -2.24. The van der Waals surface area contributed by atoms with Crippen LogP contribution in [-0.2, 0) is 4.79 Å². The Bertz CT molecular complexity index is 562. The van der Waals surface area contributed by atoms with Crippen molar-refractivity contribution in [3.8, 4) is 5.75 Å². The number of unbranched alkanes of at least 4 members (excludes halogenated alkanes) is 1. The van der Waals surface area contributed by atoms with Crippen molar-refractivity contribution in [1.29, 1.82) is 0 Å². The molecule has 1 aromatic rings. The molecule has 1 amide bonds. The Morgan fingerprint density at radius 1 is 1.35 bits per heavy atom. The van der Waals surface area contributed by atoms with Crippen LogP contribution in [0.3, 0.4) is 0 Å². The Balaban J connectivity index is 1.74. The van der Waals surface area contributed by atoms with Crippen molar-refractivity contribution >= 4 is 11.9 Å². The van der Waals surface area contributed by atoms with E-state index < -0.39 is 0 Å². The van der Waals surface area contributed by atoms with Crippen LogP contribution in [-0.4, -0.2) is 49.6 Å². The van der Waals surface area contributed by atoms with E-state index in [2.05, 4.69) is 17.1 Å². The van der Waals surface area contributed by atoms with Gasteiger partial charge < -0.3 is 20.7 Å². The average Bonchev–Trinajstić information content (AvgIpc) is 2.64. The van der Waals surface area contributed by atoms with Crippen LogP contribution < -0.4 is 15.8 Å². The van der Waals surface area contributed by atoms with Crippen molar-refractivity contribution in [3.05, 3.63) is 30.3 Å². The molecule has 1 unspecified atom stereocenters. The third kappa shape index (κ3) is 7.33. The second-order valence-corrected chi connectivity index (χ2v) is 6.73. The minimum atomic E-state index is -0.211. The van der Waals surface area contributed by atoms with E-state index >= 15 is 0 Å².